The van der Waals surface area contributed by atoms with E-state index in [1.165, 1.54) is 12.2 Å². The number of carbonyl (C=O) groups is 3. The highest BCUT2D eigenvalue weighted by molar-refractivity contribution is 8.93. The summed E-state index contributed by atoms with van der Waals surface area (Å²) < 4.78 is 10.5. The van der Waals surface area contributed by atoms with Gasteiger partial charge in [-0.25, -0.2) is 14.6 Å². The lowest BCUT2D eigenvalue weighted by Crippen LogP contribution is -2.08. The summed E-state index contributed by atoms with van der Waals surface area (Å²) in [5, 5.41) is -0.383. The maximum absolute atomic E-state index is 12.4. The third-order valence-electron chi connectivity index (χ3n) is 3.65. The Balaban J connectivity index is 0.00000320. The van der Waals surface area contributed by atoms with Crippen LogP contribution in [0.3, 0.4) is 0 Å². The van der Waals surface area contributed by atoms with Gasteiger partial charge in [0.15, 0.2) is 16.6 Å². The second kappa shape index (κ2) is 11.1. The van der Waals surface area contributed by atoms with Crippen molar-refractivity contribution in [2.75, 3.05) is 6.61 Å². The van der Waals surface area contributed by atoms with Crippen LogP contribution in [0.15, 0.2) is 89.3 Å². The first-order chi connectivity index (χ1) is 14.0. The molecule has 0 aliphatic carbocycles. The molecule has 2 aromatic carbocycles. The number of allylic oxidation sites excluding steroid dienone is 1. The van der Waals surface area contributed by atoms with Gasteiger partial charge in [-0.1, -0.05) is 36.4 Å². The topological polar surface area (TPSA) is 108 Å². The Labute approximate surface area is 187 Å². The van der Waals surface area contributed by atoms with Crippen molar-refractivity contribution in [1.29, 1.82) is 0 Å². The number of nitrogens with two attached hydrogens (primary N) is 1. The maximum Gasteiger partial charge on any atom is 0.343 e. The summed E-state index contributed by atoms with van der Waals surface area (Å²) in [5.74, 6) is -1.23. The number of halogens is 1. The van der Waals surface area contributed by atoms with E-state index in [-0.39, 0.29) is 40.2 Å². The molecule has 0 aromatic heterocycles. The van der Waals surface area contributed by atoms with Crippen LogP contribution in [0.25, 0.3) is 0 Å². The smallest absolute Gasteiger partial charge is 0.343 e. The Morgan fingerprint density at radius 1 is 0.967 bits per heavy atom. The monoisotopic (exact) mass is 488 g/mol. The quantitative estimate of drug-likeness (QED) is 0.375. The summed E-state index contributed by atoms with van der Waals surface area (Å²) in [7, 11) is 0. The zero-order valence-corrected chi connectivity index (χ0v) is 18.0. The van der Waals surface area contributed by atoms with Crippen LogP contribution in [0.5, 0.6) is 0 Å². The summed E-state index contributed by atoms with van der Waals surface area (Å²) in [5.41, 5.74) is 6.22. The predicted molar refractivity (Wildman–Crippen MR) is 119 cm³/mol. The molecular weight excluding hydrogens is 472 g/mol. The van der Waals surface area contributed by atoms with Gasteiger partial charge in [0.25, 0.3) is 0 Å². The van der Waals surface area contributed by atoms with Crippen molar-refractivity contribution in [3.63, 3.8) is 0 Å². The van der Waals surface area contributed by atoms with E-state index >= 15 is 0 Å². The van der Waals surface area contributed by atoms with Crippen molar-refractivity contribution in [1.82, 2.24) is 0 Å². The molecule has 154 valence electrons. The lowest BCUT2D eigenvalue weighted by molar-refractivity contribution is -0.107. The van der Waals surface area contributed by atoms with Gasteiger partial charge in [-0.3, -0.25) is 4.79 Å². The molecule has 9 heteroatoms. The Morgan fingerprint density at radius 3 is 2.07 bits per heavy atom. The number of hydrogen-bond donors (Lipinski definition) is 1. The summed E-state index contributed by atoms with van der Waals surface area (Å²) in [4.78, 5) is 40.3. The molecule has 0 fully saturated rings. The molecule has 30 heavy (non-hydrogen) atoms. The molecule has 0 saturated heterocycles. The molecule has 0 atom stereocenters. The lowest BCUT2D eigenvalue weighted by atomic mass is 10.2. The van der Waals surface area contributed by atoms with Crippen molar-refractivity contribution < 1.29 is 23.9 Å². The zero-order valence-electron chi connectivity index (χ0n) is 15.5. The van der Waals surface area contributed by atoms with E-state index in [2.05, 4.69) is 4.99 Å². The number of amidine groups is 1. The minimum Gasteiger partial charge on any atom is -0.458 e. The van der Waals surface area contributed by atoms with Crippen LogP contribution in [0.4, 0.5) is 0 Å². The minimum atomic E-state index is -0.655. The summed E-state index contributed by atoms with van der Waals surface area (Å²) in [6.07, 6.45) is 2.80. The van der Waals surface area contributed by atoms with Crippen LogP contribution in [-0.2, 0) is 14.3 Å². The average molecular weight is 489 g/mol. The average Bonchev–Trinajstić information content (AvgIpc) is 3.09. The molecule has 1 aliphatic rings. The van der Waals surface area contributed by atoms with E-state index < -0.39 is 17.1 Å². The van der Waals surface area contributed by atoms with Gasteiger partial charge in [0.05, 0.1) is 11.1 Å². The fourth-order valence-electron chi connectivity index (χ4n) is 2.31. The van der Waals surface area contributed by atoms with E-state index in [0.29, 0.717) is 11.1 Å². The van der Waals surface area contributed by atoms with E-state index in [1.54, 1.807) is 60.7 Å². The molecule has 0 spiro atoms. The third kappa shape index (κ3) is 6.16. The van der Waals surface area contributed by atoms with Gasteiger partial charge in [-0.15, -0.1) is 17.0 Å². The number of nitrogens with zero attached hydrogens (tertiary/aromatic N) is 1. The minimum absolute atomic E-state index is 0. The van der Waals surface area contributed by atoms with Crippen LogP contribution in [0, 0.1) is 0 Å². The normalized spacial score (nSPS) is 14.7. The summed E-state index contributed by atoms with van der Waals surface area (Å²) in [6, 6.07) is 16.8. The highest BCUT2D eigenvalue weighted by Crippen LogP contribution is 2.25. The largest absolute Gasteiger partial charge is 0.458 e. The molecule has 7 nitrogen and oxygen atoms in total. The highest BCUT2D eigenvalue weighted by Gasteiger charge is 2.25. The number of ether oxygens (including phenoxy) is 2. The number of benzene rings is 2. The Bertz CT molecular complexity index is 1020. The van der Waals surface area contributed by atoms with Crippen molar-refractivity contribution in [3.8, 4) is 0 Å². The fraction of sp³-hybridized carbons (Fsp3) is 0.0476. The zero-order chi connectivity index (χ0) is 20.6. The first-order valence-corrected chi connectivity index (χ1v) is 9.33. The van der Waals surface area contributed by atoms with Gasteiger partial charge >= 0.3 is 11.9 Å². The molecule has 1 aliphatic heterocycles. The number of thioether (sulfide) groups is 1. The SMILES string of the molecule is Br.NC1=N/C(=C(/C=C/COC(=O)c2ccccc2)OC(=O)c2ccccc2)C(=O)S1. The van der Waals surface area contributed by atoms with Crippen LogP contribution in [-0.4, -0.2) is 28.8 Å². The standard InChI is InChI=1S/C21H16N2O5S.BrH/c22-21-23-17(20(26)29-21)16(28-19(25)15-10-5-2-6-11-15)12-7-13-27-18(24)14-8-3-1-4-9-14;/h1-12H,13H2,(H2,22,23);1H/b12-7+,17-16-;. The first kappa shape index (κ1) is 23.1. The van der Waals surface area contributed by atoms with E-state index in [1.807, 2.05) is 0 Å². The van der Waals surface area contributed by atoms with Crippen molar-refractivity contribution >= 4 is 51.0 Å². The molecule has 0 amide bonds. The van der Waals surface area contributed by atoms with E-state index in [9.17, 15) is 14.4 Å². The molecule has 0 saturated carbocycles. The predicted octanol–water partition coefficient (Wildman–Crippen LogP) is 3.63. The Hall–Kier alpha value is -3.17. The van der Waals surface area contributed by atoms with Gasteiger partial charge in [0.1, 0.15) is 6.61 Å². The van der Waals surface area contributed by atoms with Gasteiger partial charge in [-0.2, -0.15) is 0 Å². The fourth-order valence-corrected chi connectivity index (χ4v) is 2.88. The second-order valence-electron chi connectivity index (χ2n) is 5.67. The highest BCUT2D eigenvalue weighted by atomic mass is 79.9. The van der Waals surface area contributed by atoms with Crippen molar-refractivity contribution in [3.05, 3.63) is 95.4 Å². The molecular formula is C21H17BrN2O5S. The number of esters is 2. The van der Waals surface area contributed by atoms with Gasteiger partial charge in [0.2, 0.25) is 5.12 Å². The van der Waals surface area contributed by atoms with Crippen molar-refractivity contribution in [2.24, 2.45) is 10.7 Å². The molecule has 0 bridgehead atoms. The second-order valence-corrected chi connectivity index (χ2v) is 6.67. The first-order valence-electron chi connectivity index (χ1n) is 8.51. The molecule has 0 unspecified atom stereocenters. The summed E-state index contributed by atoms with van der Waals surface area (Å²) >= 11 is 0.742. The van der Waals surface area contributed by atoms with Crippen LogP contribution < -0.4 is 5.73 Å². The van der Waals surface area contributed by atoms with Crippen molar-refractivity contribution in [2.45, 2.75) is 0 Å². The summed E-state index contributed by atoms with van der Waals surface area (Å²) in [6.45, 7) is -0.0894. The molecule has 2 aromatic rings. The third-order valence-corrected chi connectivity index (χ3v) is 4.33. The Morgan fingerprint density at radius 2 is 1.53 bits per heavy atom. The maximum atomic E-state index is 12.4. The number of carbonyl (C=O) groups excluding carboxylic acids is 3. The van der Waals surface area contributed by atoms with E-state index in [0.717, 1.165) is 11.8 Å². The number of aliphatic imine (C=N–C) groups is 1. The van der Waals surface area contributed by atoms with Gasteiger partial charge in [0, 0.05) is 0 Å². The number of rotatable bonds is 6. The lowest BCUT2D eigenvalue weighted by Gasteiger charge is -2.07. The molecule has 3 rings (SSSR count). The molecule has 0 radical (unpaired) electrons. The van der Waals surface area contributed by atoms with E-state index in [4.69, 9.17) is 15.2 Å². The molecule has 2 N–H and O–H groups in total. The van der Waals surface area contributed by atoms with Crippen LogP contribution in [0.2, 0.25) is 0 Å². The number of hydrogen-bond acceptors (Lipinski definition) is 8. The van der Waals surface area contributed by atoms with Gasteiger partial charge < -0.3 is 15.2 Å². The van der Waals surface area contributed by atoms with Crippen LogP contribution in [0.1, 0.15) is 20.7 Å². The molecule has 1 heterocycles. The van der Waals surface area contributed by atoms with Crippen LogP contribution >= 0.6 is 28.7 Å². The Kier molecular flexibility index (Phi) is 8.57. The van der Waals surface area contributed by atoms with Gasteiger partial charge in [-0.05, 0) is 48.2 Å².